The second-order valence-electron chi connectivity index (χ2n) is 3.53. The van der Waals surface area contributed by atoms with Crippen molar-refractivity contribution in [2.24, 2.45) is 0 Å². The summed E-state index contributed by atoms with van der Waals surface area (Å²) in [6, 6.07) is 5.66. The first kappa shape index (κ1) is 11.1. The van der Waals surface area contributed by atoms with Crippen LogP contribution in [0.3, 0.4) is 0 Å². The fourth-order valence-corrected chi connectivity index (χ4v) is 1.45. The molecular formula is C11H10FN3O2. The minimum absolute atomic E-state index is 0.164. The summed E-state index contributed by atoms with van der Waals surface area (Å²) in [5.74, 6) is -1.16. The Hall–Kier alpha value is -2.37. The summed E-state index contributed by atoms with van der Waals surface area (Å²) in [4.78, 5) is 10.6. The quantitative estimate of drug-likeness (QED) is 0.838. The number of hydrogen-bond acceptors (Lipinski definition) is 3. The van der Waals surface area contributed by atoms with Gasteiger partial charge in [0.25, 0.3) is 0 Å². The van der Waals surface area contributed by atoms with Gasteiger partial charge in [-0.3, -0.25) is 4.79 Å². The molecular weight excluding hydrogens is 225 g/mol. The fraction of sp³-hybridized carbons (Fsp3) is 0.0909. The lowest BCUT2D eigenvalue weighted by molar-refractivity contribution is -0.136. The van der Waals surface area contributed by atoms with Gasteiger partial charge in [0.1, 0.15) is 11.6 Å². The number of halogens is 1. The van der Waals surface area contributed by atoms with Crippen LogP contribution in [0.4, 0.5) is 10.2 Å². The van der Waals surface area contributed by atoms with E-state index in [1.54, 1.807) is 0 Å². The van der Waals surface area contributed by atoms with Gasteiger partial charge >= 0.3 is 5.97 Å². The van der Waals surface area contributed by atoms with Crippen LogP contribution in [0.15, 0.2) is 30.5 Å². The minimum atomic E-state index is -0.977. The highest BCUT2D eigenvalue weighted by Gasteiger charge is 2.10. The Morgan fingerprint density at radius 2 is 2.06 bits per heavy atom. The molecule has 0 bridgehead atoms. The molecule has 0 spiro atoms. The van der Waals surface area contributed by atoms with E-state index < -0.39 is 5.97 Å². The monoisotopic (exact) mass is 235 g/mol. The van der Waals surface area contributed by atoms with E-state index in [9.17, 15) is 9.18 Å². The molecule has 5 nitrogen and oxygen atoms in total. The van der Waals surface area contributed by atoms with Crippen LogP contribution in [0.2, 0.25) is 0 Å². The number of carboxylic acids is 1. The highest BCUT2D eigenvalue weighted by Crippen LogP contribution is 2.15. The van der Waals surface area contributed by atoms with Crippen LogP contribution in [-0.2, 0) is 11.2 Å². The van der Waals surface area contributed by atoms with Gasteiger partial charge < -0.3 is 10.8 Å². The van der Waals surface area contributed by atoms with Crippen molar-refractivity contribution in [1.82, 2.24) is 9.78 Å². The molecule has 2 rings (SSSR count). The molecule has 0 radical (unpaired) electrons. The highest BCUT2D eigenvalue weighted by atomic mass is 19.1. The van der Waals surface area contributed by atoms with Crippen molar-refractivity contribution in [1.29, 1.82) is 0 Å². The van der Waals surface area contributed by atoms with Crippen LogP contribution in [0, 0.1) is 5.82 Å². The zero-order valence-corrected chi connectivity index (χ0v) is 8.80. The number of carboxylic acid groups (broad SMARTS) is 1. The Labute approximate surface area is 96.3 Å². The maximum Gasteiger partial charge on any atom is 0.308 e. The van der Waals surface area contributed by atoms with Crippen molar-refractivity contribution < 1.29 is 14.3 Å². The van der Waals surface area contributed by atoms with Crippen LogP contribution in [0.5, 0.6) is 0 Å². The smallest absolute Gasteiger partial charge is 0.308 e. The molecule has 0 aliphatic rings. The van der Waals surface area contributed by atoms with Crippen LogP contribution in [0.1, 0.15) is 5.56 Å². The summed E-state index contributed by atoms with van der Waals surface area (Å²) in [7, 11) is 0. The van der Waals surface area contributed by atoms with Gasteiger partial charge in [0.05, 0.1) is 12.1 Å². The zero-order valence-electron chi connectivity index (χ0n) is 8.80. The van der Waals surface area contributed by atoms with Gasteiger partial charge in [-0.1, -0.05) is 0 Å². The average molecular weight is 235 g/mol. The molecule has 17 heavy (non-hydrogen) atoms. The number of aliphatic carboxylic acids is 1. The van der Waals surface area contributed by atoms with Crippen molar-refractivity contribution in [2.75, 3.05) is 5.73 Å². The van der Waals surface area contributed by atoms with Crippen molar-refractivity contribution in [3.05, 3.63) is 41.8 Å². The largest absolute Gasteiger partial charge is 0.481 e. The van der Waals surface area contributed by atoms with E-state index in [1.165, 1.54) is 35.1 Å². The van der Waals surface area contributed by atoms with E-state index >= 15 is 0 Å². The molecule has 1 aromatic carbocycles. The summed E-state index contributed by atoms with van der Waals surface area (Å²) >= 11 is 0. The molecule has 1 aromatic heterocycles. The van der Waals surface area contributed by atoms with E-state index in [0.29, 0.717) is 11.3 Å². The minimum Gasteiger partial charge on any atom is -0.481 e. The van der Waals surface area contributed by atoms with E-state index in [0.717, 1.165) is 0 Å². The summed E-state index contributed by atoms with van der Waals surface area (Å²) in [6.45, 7) is 0. The number of nitrogen functional groups attached to an aromatic ring is 1. The van der Waals surface area contributed by atoms with Gasteiger partial charge in [0.2, 0.25) is 0 Å². The lowest BCUT2D eigenvalue weighted by Crippen LogP contribution is -2.01. The van der Waals surface area contributed by atoms with Crippen molar-refractivity contribution >= 4 is 11.8 Å². The summed E-state index contributed by atoms with van der Waals surface area (Å²) < 4.78 is 14.2. The Bertz CT molecular complexity index is 548. The standard InChI is InChI=1S/C11H10FN3O2/c12-8-1-3-9(4-2-8)15-6-7(5-10(16)17)11(13)14-15/h1-4,6H,5H2,(H2,13,14)(H,16,17). The van der Waals surface area contributed by atoms with Crippen molar-refractivity contribution in [3.63, 3.8) is 0 Å². The first-order valence-electron chi connectivity index (χ1n) is 4.88. The van der Waals surface area contributed by atoms with E-state index in [1.807, 2.05) is 0 Å². The van der Waals surface area contributed by atoms with Gasteiger partial charge in [-0.05, 0) is 24.3 Å². The van der Waals surface area contributed by atoms with E-state index in [2.05, 4.69) is 5.10 Å². The normalized spacial score (nSPS) is 10.4. The van der Waals surface area contributed by atoms with E-state index in [4.69, 9.17) is 10.8 Å². The summed E-state index contributed by atoms with van der Waals surface area (Å²) in [5, 5.41) is 12.6. The number of aromatic nitrogens is 2. The third kappa shape index (κ3) is 2.41. The molecule has 2 aromatic rings. The number of benzene rings is 1. The SMILES string of the molecule is Nc1nn(-c2ccc(F)cc2)cc1CC(=O)O. The molecule has 0 fully saturated rings. The Morgan fingerprint density at radius 3 is 2.65 bits per heavy atom. The Morgan fingerprint density at radius 1 is 1.41 bits per heavy atom. The van der Waals surface area contributed by atoms with Crippen LogP contribution in [0.25, 0.3) is 5.69 Å². The number of anilines is 1. The Balaban J connectivity index is 2.34. The lowest BCUT2D eigenvalue weighted by atomic mass is 10.2. The van der Waals surface area contributed by atoms with Crippen molar-refractivity contribution in [2.45, 2.75) is 6.42 Å². The third-order valence-corrected chi connectivity index (χ3v) is 2.26. The number of carbonyl (C=O) groups is 1. The first-order chi connectivity index (χ1) is 8.06. The Kier molecular flexibility index (Phi) is 2.78. The first-order valence-corrected chi connectivity index (χ1v) is 4.88. The summed E-state index contributed by atoms with van der Waals surface area (Å²) in [6.07, 6.45) is 1.34. The molecule has 0 saturated carbocycles. The molecule has 3 N–H and O–H groups in total. The van der Waals surface area contributed by atoms with Gasteiger partial charge in [0, 0.05) is 11.8 Å². The molecule has 0 aliphatic heterocycles. The molecule has 0 aliphatic carbocycles. The molecule has 0 saturated heterocycles. The molecule has 6 heteroatoms. The van der Waals surface area contributed by atoms with Crippen LogP contribution in [-0.4, -0.2) is 20.9 Å². The number of nitrogens with two attached hydrogens (primary N) is 1. The molecule has 88 valence electrons. The number of rotatable bonds is 3. The molecule has 0 unspecified atom stereocenters. The fourth-order valence-electron chi connectivity index (χ4n) is 1.45. The molecule has 0 amide bonds. The maximum absolute atomic E-state index is 12.7. The molecule has 0 atom stereocenters. The second-order valence-corrected chi connectivity index (χ2v) is 3.53. The van der Waals surface area contributed by atoms with Crippen LogP contribution >= 0.6 is 0 Å². The third-order valence-electron chi connectivity index (χ3n) is 2.26. The van der Waals surface area contributed by atoms with Gasteiger partial charge in [-0.25, -0.2) is 9.07 Å². The predicted molar refractivity (Wildman–Crippen MR) is 59.3 cm³/mol. The maximum atomic E-state index is 12.7. The molecule has 1 heterocycles. The summed E-state index contributed by atoms with van der Waals surface area (Å²) in [5.41, 5.74) is 6.64. The lowest BCUT2D eigenvalue weighted by Gasteiger charge is -1.99. The highest BCUT2D eigenvalue weighted by molar-refractivity contribution is 5.72. The average Bonchev–Trinajstić information content (AvgIpc) is 2.60. The van der Waals surface area contributed by atoms with Gasteiger partial charge in [-0.15, -0.1) is 0 Å². The van der Waals surface area contributed by atoms with Gasteiger partial charge in [-0.2, -0.15) is 5.10 Å². The van der Waals surface area contributed by atoms with Crippen molar-refractivity contribution in [3.8, 4) is 5.69 Å². The van der Waals surface area contributed by atoms with Gasteiger partial charge in [0.15, 0.2) is 0 Å². The zero-order chi connectivity index (χ0) is 12.4. The topological polar surface area (TPSA) is 81.1 Å². The second kappa shape index (κ2) is 4.25. The number of nitrogens with zero attached hydrogens (tertiary/aromatic N) is 2. The van der Waals surface area contributed by atoms with Crippen LogP contribution < -0.4 is 5.73 Å². The predicted octanol–water partition coefficient (Wildman–Crippen LogP) is 1.22. The van der Waals surface area contributed by atoms with E-state index in [-0.39, 0.29) is 18.1 Å². The number of hydrogen-bond donors (Lipinski definition) is 2.